The van der Waals surface area contributed by atoms with Crippen molar-refractivity contribution in [2.45, 2.75) is 45.3 Å². The van der Waals surface area contributed by atoms with Crippen LogP contribution in [-0.4, -0.2) is 32.4 Å². The van der Waals surface area contributed by atoms with Crippen LogP contribution < -0.4 is 10.6 Å². The van der Waals surface area contributed by atoms with Crippen LogP contribution in [0.25, 0.3) is 11.6 Å². The summed E-state index contributed by atoms with van der Waals surface area (Å²) < 4.78 is 12.4. The molecular formula is C18H22N6O3. The fraction of sp³-hybridized carbons (Fsp3) is 0.444. The van der Waals surface area contributed by atoms with Crippen molar-refractivity contribution in [3.8, 4) is 11.6 Å². The zero-order chi connectivity index (χ0) is 18.5. The van der Waals surface area contributed by atoms with Gasteiger partial charge in [0.2, 0.25) is 17.6 Å². The molecule has 3 aromatic rings. The lowest BCUT2D eigenvalue weighted by Crippen LogP contribution is -2.23. The minimum atomic E-state index is -0.0120. The van der Waals surface area contributed by atoms with Gasteiger partial charge in [0.15, 0.2) is 5.76 Å². The number of rotatable bonds is 7. The van der Waals surface area contributed by atoms with E-state index in [0.717, 1.165) is 31.7 Å². The molecule has 0 aliphatic carbocycles. The fourth-order valence-corrected chi connectivity index (χ4v) is 3.05. The number of aromatic nitrogens is 4. The van der Waals surface area contributed by atoms with Gasteiger partial charge in [-0.3, -0.25) is 9.48 Å². The molecule has 0 spiro atoms. The summed E-state index contributed by atoms with van der Waals surface area (Å²) in [5, 5.41) is 14.7. The van der Waals surface area contributed by atoms with Crippen molar-refractivity contribution in [1.82, 2.24) is 30.6 Å². The van der Waals surface area contributed by atoms with Gasteiger partial charge in [-0.2, -0.15) is 10.1 Å². The molecule has 0 radical (unpaired) electrons. The lowest BCUT2D eigenvalue weighted by molar-refractivity contribution is -0.121. The quantitative estimate of drug-likeness (QED) is 0.650. The van der Waals surface area contributed by atoms with Gasteiger partial charge in [0, 0.05) is 25.9 Å². The topological polar surface area (TPSA) is 111 Å². The molecule has 4 rings (SSSR count). The summed E-state index contributed by atoms with van der Waals surface area (Å²) in [6, 6.07) is 5.59. The van der Waals surface area contributed by atoms with Gasteiger partial charge >= 0.3 is 0 Å². The standard InChI is InChI=1S/C18H22N6O3/c25-16(20-11-13-10-14-12-19-7-3-8-24(14)22-13)5-1-6-17-21-18(23-27-17)15-4-2-9-26-15/h2,4,9-10,19H,1,3,5-8,11-12H2,(H,20,25). The Morgan fingerprint density at radius 2 is 2.37 bits per heavy atom. The first kappa shape index (κ1) is 17.5. The first-order valence-corrected chi connectivity index (χ1v) is 9.17. The summed E-state index contributed by atoms with van der Waals surface area (Å²) >= 11 is 0. The zero-order valence-electron chi connectivity index (χ0n) is 15.0. The maximum absolute atomic E-state index is 12.1. The van der Waals surface area contributed by atoms with E-state index in [1.54, 1.807) is 18.4 Å². The Hall–Kier alpha value is -2.94. The van der Waals surface area contributed by atoms with E-state index in [1.165, 1.54) is 5.69 Å². The van der Waals surface area contributed by atoms with Gasteiger partial charge in [0.05, 0.1) is 24.2 Å². The van der Waals surface area contributed by atoms with Crippen LogP contribution in [0.5, 0.6) is 0 Å². The second-order valence-electron chi connectivity index (χ2n) is 6.50. The SMILES string of the molecule is O=C(CCCc1nc(-c2ccco2)no1)NCc1cc2n(n1)CCCNC2. The first-order valence-electron chi connectivity index (χ1n) is 9.17. The maximum atomic E-state index is 12.1. The van der Waals surface area contributed by atoms with Crippen molar-refractivity contribution >= 4 is 5.91 Å². The number of fused-ring (bicyclic) bond motifs is 1. The van der Waals surface area contributed by atoms with Gasteiger partial charge in [-0.25, -0.2) is 0 Å². The van der Waals surface area contributed by atoms with E-state index in [2.05, 4.69) is 25.9 Å². The highest BCUT2D eigenvalue weighted by atomic mass is 16.5. The summed E-state index contributed by atoms with van der Waals surface area (Å²) in [5.74, 6) is 1.48. The van der Waals surface area contributed by atoms with Crippen LogP contribution in [0.4, 0.5) is 0 Å². The third-order valence-corrected chi connectivity index (χ3v) is 4.41. The van der Waals surface area contributed by atoms with Crippen LogP contribution in [0.1, 0.15) is 36.5 Å². The average Bonchev–Trinajstić information content (AvgIpc) is 3.39. The predicted octanol–water partition coefficient (Wildman–Crippen LogP) is 1.66. The largest absolute Gasteiger partial charge is 0.461 e. The number of carbonyl (C=O) groups excluding carboxylic acids is 1. The molecule has 2 N–H and O–H groups in total. The molecule has 1 amide bonds. The van der Waals surface area contributed by atoms with Gasteiger partial charge in [-0.15, -0.1) is 0 Å². The van der Waals surface area contributed by atoms with Crippen LogP contribution in [0.3, 0.4) is 0 Å². The lowest BCUT2D eigenvalue weighted by Gasteiger charge is -2.02. The molecule has 0 bridgehead atoms. The van der Waals surface area contributed by atoms with Crippen LogP contribution in [0, 0.1) is 0 Å². The molecule has 0 fully saturated rings. The van der Waals surface area contributed by atoms with Crippen molar-refractivity contribution in [3.63, 3.8) is 0 Å². The number of hydrogen-bond acceptors (Lipinski definition) is 7. The molecule has 1 aliphatic rings. The number of aryl methyl sites for hydroxylation is 2. The predicted molar refractivity (Wildman–Crippen MR) is 95.3 cm³/mol. The summed E-state index contributed by atoms with van der Waals surface area (Å²) in [6.07, 6.45) is 4.20. The van der Waals surface area contributed by atoms with Crippen molar-refractivity contribution in [2.24, 2.45) is 0 Å². The van der Waals surface area contributed by atoms with Crippen LogP contribution in [-0.2, 0) is 30.8 Å². The molecule has 0 saturated carbocycles. The van der Waals surface area contributed by atoms with Gasteiger partial charge in [0.1, 0.15) is 0 Å². The Bertz CT molecular complexity index is 859. The van der Waals surface area contributed by atoms with Gasteiger partial charge in [0.25, 0.3) is 0 Å². The molecule has 0 atom stereocenters. The molecule has 9 nitrogen and oxygen atoms in total. The Morgan fingerprint density at radius 1 is 1.41 bits per heavy atom. The van der Waals surface area contributed by atoms with E-state index < -0.39 is 0 Å². The normalized spacial score (nSPS) is 13.9. The molecule has 142 valence electrons. The van der Waals surface area contributed by atoms with Crippen molar-refractivity contribution in [3.05, 3.63) is 41.7 Å². The van der Waals surface area contributed by atoms with E-state index in [9.17, 15) is 4.79 Å². The number of nitrogens with zero attached hydrogens (tertiary/aromatic N) is 4. The number of carbonyl (C=O) groups is 1. The molecule has 1 aliphatic heterocycles. The monoisotopic (exact) mass is 370 g/mol. The molecule has 9 heteroatoms. The zero-order valence-corrected chi connectivity index (χ0v) is 15.0. The summed E-state index contributed by atoms with van der Waals surface area (Å²) in [7, 11) is 0. The number of furan rings is 1. The Morgan fingerprint density at radius 3 is 3.26 bits per heavy atom. The van der Waals surface area contributed by atoms with E-state index in [1.807, 2.05) is 10.7 Å². The van der Waals surface area contributed by atoms with Gasteiger partial charge in [-0.05, 0) is 37.6 Å². The van der Waals surface area contributed by atoms with Crippen LogP contribution in [0.15, 0.2) is 33.4 Å². The highest BCUT2D eigenvalue weighted by Crippen LogP contribution is 2.16. The summed E-state index contributed by atoms with van der Waals surface area (Å²) in [4.78, 5) is 16.3. The maximum Gasteiger partial charge on any atom is 0.238 e. The molecule has 0 aromatic carbocycles. The highest BCUT2D eigenvalue weighted by molar-refractivity contribution is 5.75. The minimum absolute atomic E-state index is 0.0120. The number of amides is 1. The van der Waals surface area contributed by atoms with Gasteiger partial charge < -0.3 is 19.6 Å². The molecule has 4 heterocycles. The Kier molecular flexibility index (Phi) is 5.29. The highest BCUT2D eigenvalue weighted by Gasteiger charge is 2.13. The van der Waals surface area contributed by atoms with E-state index >= 15 is 0 Å². The molecule has 27 heavy (non-hydrogen) atoms. The summed E-state index contributed by atoms with van der Waals surface area (Å²) in [6.45, 7) is 3.20. The van der Waals surface area contributed by atoms with E-state index in [0.29, 0.717) is 43.3 Å². The molecule has 0 unspecified atom stereocenters. The molecule has 0 saturated heterocycles. The third kappa shape index (κ3) is 4.43. The first-order chi connectivity index (χ1) is 13.3. The Labute approximate surface area is 156 Å². The number of nitrogens with one attached hydrogen (secondary N) is 2. The minimum Gasteiger partial charge on any atom is -0.461 e. The second kappa shape index (κ2) is 8.17. The number of hydrogen-bond donors (Lipinski definition) is 2. The van der Waals surface area contributed by atoms with E-state index in [4.69, 9.17) is 8.94 Å². The Balaban J connectivity index is 1.20. The lowest BCUT2D eigenvalue weighted by atomic mass is 10.2. The van der Waals surface area contributed by atoms with Crippen molar-refractivity contribution in [2.75, 3.05) is 6.54 Å². The van der Waals surface area contributed by atoms with Crippen LogP contribution in [0.2, 0.25) is 0 Å². The van der Waals surface area contributed by atoms with E-state index in [-0.39, 0.29) is 5.91 Å². The van der Waals surface area contributed by atoms with Gasteiger partial charge in [-0.1, -0.05) is 5.16 Å². The summed E-state index contributed by atoms with van der Waals surface area (Å²) in [5.41, 5.74) is 2.06. The smallest absolute Gasteiger partial charge is 0.238 e. The fourth-order valence-electron chi connectivity index (χ4n) is 3.05. The third-order valence-electron chi connectivity index (χ3n) is 4.41. The molecular weight excluding hydrogens is 348 g/mol. The van der Waals surface area contributed by atoms with Crippen molar-refractivity contribution < 1.29 is 13.7 Å². The second-order valence-corrected chi connectivity index (χ2v) is 6.50. The molecule has 3 aromatic heterocycles. The average molecular weight is 370 g/mol. The van der Waals surface area contributed by atoms with Crippen molar-refractivity contribution in [1.29, 1.82) is 0 Å². The van der Waals surface area contributed by atoms with Crippen LogP contribution >= 0.6 is 0 Å².